The number of hydrogen-bond donors (Lipinski definition) is 4. The zero-order valence-electron chi connectivity index (χ0n) is 15.3. The van der Waals surface area contributed by atoms with E-state index in [4.69, 9.17) is 15.8 Å². The Bertz CT molecular complexity index is 672. The van der Waals surface area contributed by atoms with Gasteiger partial charge in [0.15, 0.2) is 0 Å². The van der Waals surface area contributed by atoms with Crippen molar-refractivity contribution >= 4 is 19.0 Å². The third-order valence-electron chi connectivity index (χ3n) is 5.14. The number of anilines is 1. The number of aromatic nitrogens is 2. The van der Waals surface area contributed by atoms with Gasteiger partial charge in [0.25, 0.3) is 0 Å². The summed E-state index contributed by atoms with van der Waals surface area (Å²) >= 11 is 0. The minimum atomic E-state index is -4.56. The average Bonchev–Trinajstić information content (AvgIpc) is 2.64. The maximum absolute atomic E-state index is 12.8. The number of carbonyl (C=O) groups is 1. The Kier molecular flexibility index (Phi) is 7.24. The van der Waals surface area contributed by atoms with Gasteiger partial charge in [-0.3, -0.25) is 4.79 Å². The van der Waals surface area contributed by atoms with E-state index in [2.05, 4.69) is 9.97 Å². The molecule has 1 aromatic heterocycles. The van der Waals surface area contributed by atoms with E-state index in [0.717, 1.165) is 12.3 Å². The van der Waals surface area contributed by atoms with Crippen LogP contribution in [0.4, 0.5) is 19.1 Å². The van der Waals surface area contributed by atoms with Crippen LogP contribution in [-0.4, -0.2) is 56.8 Å². The third-order valence-corrected chi connectivity index (χ3v) is 5.14. The monoisotopic (exact) mass is 404 g/mol. The van der Waals surface area contributed by atoms with Gasteiger partial charge in [0.1, 0.15) is 11.2 Å². The molecule has 8 nitrogen and oxygen atoms in total. The molecule has 2 heterocycles. The highest BCUT2D eigenvalue weighted by atomic mass is 19.4. The standard InChI is InChI=1S/C16H24BF3N4O4/c18-16(19,20)12-3-8-22-14(23-12)24-9-4-11(5-10-24)15(21,13(25)26)6-1-2-7-17(27)28/h3,8,11,27-28H,1-2,4-7,9-10,21H2,(H,25,26). The molecule has 1 saturated heterocycles. The lowest BCUT2D eigenvalue weighted by molar-refractivity contribution is -0.146. The fourth-order valence-electron chi connectivity index (χ4n) is 3.48. The number of aliphatic carboxylic acids is 1. The number of piperidine rings is 1. The van der Waals surface area contributed by atoms with Crippen molar-refractivity contribution in [3.8, 4) is 0 Å². The van der Waals surface area contributed by atoms with Crippen LogP contribution in [0.3, 0.4) is 0 Å². The van der Waals surface area contributed by atoms with E-state index in [9.17, 15) is 23.1 Å². The fraction of sp³-hybridized carbons (Fsp3) is 0.688. The van der Waals surface area contributed by atoms with Crippen LogP contribution in [0.2, 0.25) is 6.32 Å². The van der Waals surface area contributed by atoms with Crippen molar-refractivity contribution in [1.82, 2.24) is 9.97 Å². The van der Waals surface area contributed by atoms with Crippen LogP contribution >= 0.6 is 0 Å². The summed E-state index contributed by atoms with van der Waals surface area (Å²) < 4.78 is 38.5. The predicted molar refractivity (Wildman–Crippen MR) is 95.4 cm³/mol. The van der Waals surface area contributed by atoms with E-state index >= 15 is 0 Å². The van der Waals surface area contributed by atoms with Crippen LogP contribution in [0.5, 0.6) is 0 Å². The molecule has 0 aromatic carbocycles. The zero-order valence-corrected chi connectivity index (χ0v) is 15.3. The highest BCUT2D eigenvalue weighted by Gasteiger charge is 2.43. The zero-order chi connectivity index (χ0) is 20.9. The summed E-state index contributed by atoms with van der Waals surface area (Å²) in [5, 5.41) is 27.3. The first-order chi connectivity index (χ1) is 13.0. The molecular formula is C16H24BF3N4O4. The first-order valence-electron chi connectivity index (χ1n) is 9.07. The Hall–Kier alpha value is -1.92. The minimum Gasteiger partial charge on any atom is -0.480 e. The summed E-state index contributed by atoms with van der Waals surface area (Å²) in [6, 6.07) is 0.801. The molecule has 1 atom stereocenters. The van der Waals surface area contributed by atoms with E-state index < -0.39 is 30.5 Å². The number of unbranched alkanes of at least 4 members (excludes halogenated alkanes) is 1. The summed E-state index contributed by atoms with van der Waals surface area (Å²) in [5.41, 5.74) is 3.68. The summed E-state index contributed by atoms with van der Waals surface area (Å²) in [7, 11) is -1.44. The number of nitrogens with two attached hydrogens (primary N) is 1. The lowest BCUT2D eigenvalue weighted by atomic mass is 9.74. The van der Waals surface area contributed by atoms with Crippen LogP contribution in [0.1, 0.15) is 37.8 Å². The molecule has 1 aromatic rings. The van der Waals surface area contributed by atoms with E-state index in [1.54, 1.807) is 4.90 Å². The van der Waals surface area contributed by atoms with Gasteiger partial charge in [0.2, 0.25) is 5.95 Å². The second-order valence-electron chi connectivity index (χ2n) is 7.07. The average molecular weight is 404 g/mol. The number of carboxylic acids is 1. The number of carboxylic acid groups (broad SMARTS) is 1. The molecule has 1 fully saturated rings. The summed E-state index contributed by atoms with van der Waals surface area (Å²) in [6.45, 7) is 0.598. The highest BCUT2D eigenvalue weighted by Crippen LogP contribution is 2.33. The van der Waals surface area contributed by atoms with Gasteiger partial charge in [0.05, 0.1) is 0 Å². The van der Waals surface area contributed by atoms with Gasteiger partial charge in [0, 0.05) is 19.3 Å². The number of halogens is 3. The van der Waals surface area contributed by atoms with E-state index in [1.165, 1.54) is 0 Å². The van der Waals surface area contributed by atoms with Gasteiger partial charge < -0.3 is 25.8 Å². The van der Waals surface area contributed by atoms with E-state index in [0.29, 0.717) is 38.8 Å². The molecular weight excluding hydrogens is 380 g/mol. The van der Waals surface area contributed by atoms with Gasteiger partial charge in [-0.1, -0.05) is 12.8 Å². The topological polar surface area (TPSA) is 133 Å². The van der Waals surface area contributed by atoms with Crippen molar-refractivity contribution in [1.29, 1.82) is 0 Å². The number of nitrogens with zero attached hydrogens (tertiary/aromatic N) is 3. The van der Waals surface area contributed by atoms with E-state index in [-0.39, 0.29) is 24.6 Å². The van der Waals surface area contributed by atoms with Crippen molar-refractivity contribution in [2.45, 2.75) is 50.1 Å². The molecule has 0 saturated carbocycles. The van der Waals surface area contributed by atoms with Gasteiger partial charge in [-0.2, -0.15) is 13.2 Å². The number of rotatable bonds is 8. The first kappa shape index (κ1) is 22.4. The Balaban J connectivity index is 1.99. The molecule has 156 valence electrons. The number of alkyl halides is 3. The molecule has 0 spiro atoms. The maximum Gasteiger partial charge on any atom is 0.451 e. The lowest BCUT2D eigenvalue weighted by Gasteiger charge is -2.40. The summed E-state index contributed by atoms with van der Waals surface area (Å²) in [4.78, 5) is 20.8. The molecule has 28 heavy (non-hydrogen) atoms. The molecule has 1 aliphatic heterocycles. The lowest BCUT2D eigenvalue weighted by Crippen LogP contribution is -2.57. The smallest absolute Gasteiger partial charge is 0.451 e. The van der Waals surface area contributed by atoms with Crippen LogP contribution in [0, 0.1) is 5.92 Å². The maximum atomic E-state index is 12.8. The fourth-order valence-corrected chi connectivity index (χ4v) is 3.48. The van der Waals surface area contributed by atoms with Gasteiger partial charge in [-0.15, -0.1) is 0 Å². The third kappa shape index (κ3) is 5.55. The van der Waals surface area contributed by atoms with Crippen molar-refractivity contribution in [2.75, 3.05) is 18.0 Å². The quantitative estimate of drug-likeness (QED) is 0.375. The largest absolute Gasteiger partial charge is 0.480 e. The Morgan fingerprint density at radius 1 is 1.29 bits per heavy atom. The minimum absolute atomic E-state index is 0.0387. The highest BCUT2D eigenvalue weighted by molar-refractivity contribution is 6.40. The predicted octanol–water partition coefficient (Wildman–Crippen LogP) is 1.14. The van der Waals surface area contributed by atoms with Crippen LogP contribution in [0.15, 0.2) is 12.3 Å². The molecule has 0 radical (unpaired) electrons. The van der Waals surface area contributed by atoms with Gasteiger partial charge in [-0.25, -0.2) is 9.97 Å². The van der Waals surface area contributed by atoms with Crippen LogP contribution in [0.25, 0.3) is 0 Å². The molecule has 12 heteroatoms. The van der Waals surface area contributed by atoms with Crippen LogP contribution in [-0.2, 0) is 11.0 Å². The Labute approximate surface area is 160 Å². The SMILES string of the molecule is NC(CCCCB(O)O)(C(=O)O)C1CCN(c2nccc(C(F)(F)F)n2)CC1. The summed E-state index contributed by atoms with van der Waals surface area (Å²) in [6.07, 6.45) is -1.57. The van der Waals surface area contributed by atoms with Gasteiger partial charge in [-0.05, 0) is 37.6 Å². The molecule has 2 rings (SSSR count). The summed E-state index contributed by atoms with van der Waals surface area (Å²) in [5.74, 6) is -1.53. The number of hydrogen-bond acceptors (Lipinski definition) is 7. The van der Waals surface area contributed by atoms with Crippen LogP contribution < -0.4 is 10.6 Å². The van der Waals surface area contributed by atoms with Crippen molar-refractivity contribution in [2.24, 2.45) is 11.7 Å². The molecule has 0 amide bonds. The van der Waals surface area contributed by atoms with Crippen molar-refractivity contribution < 1.29 is 33.1 Å². The molecule has 0 aliphatic carbocycles. The molecule has 1 unspecified atom stereocenters. The Morgan fingerprint density at radius 3 is 2.46 bits per heavy atom. The second-order valence-corrected chi connectivity index (χ2v) is 7.07. The van der Waals surface area contributed by atoms with Crippen molar-refractivity contribution in [3.63, 3.8) is 0 Å². The molecule has 5 N–H and O–H groups in total. The second kappa shape index (κ2) is 9.06. The molecule has 0 bridgehead atoms. The van der Waals surface area contributed by atoms with E-state index in [1.807, 2.05) is 0 Å². The first-order valence-corrected chi connectivity index (χ1v) is 9.07. The molecule has 1 aliphatic rings. The Morgan fingerprint density at radius 2 is 1.93 bits per heavy atom. The van der Waals surface area contributed by atoms with Gasteiger partial charge >= 0.3 is 19.3 Å². The van der Waals surface area contributed by atoms with Crippen molar-refractivity contribution in [3.05, 3.63) is 18.0 Å². The normalized spacial score (nSPS) is 18.0.